The average molecular weight is 427 g/mol. The summed E-state index contributed by atoms with van der Waals surface area (Å²) in [4.78, 5) is 11.7. The van der Waals surface area contributed by atoms with E-state index in [-0.39, 0.29) is 6.10 Å². The first kappa shape index (κ1) is 23.2. The fourth-order valence-electron chi connectivity index (χ4n) is 3.54. The molecule has 6 nitrogen and oxygen atoms in total. The van der Waals surface area contributed by atoms with Crippen molar-refractivity contribution in [1.82, 2.24) is 0 Å². The van der Waals surface area contributed by atoms with Crippen LogP contribution in [-0.2, 0) is 41.7 Å². The van der Waals surface area contributed by atoms with E-state index in [4.69, 9.17) is 23.7 Å². The van der Waals surface area contributed by atoms with Crippen LogP contribution in [0.1, 0.15) is 25.0 Å². The van der Waals surface area contributed by atoms with Crippen LogP contribution in [0.3, 0.4) is 0 Å². The topological polar surface area (TPSA) is 63.2 Å². The predicted octanol–water partition coefficient (Wildman–Crippen LogP) is 4.04. The number of benzene rings is 2. The van der Waals surface area contributed by atoms with Gasteiger partial charge in [0.15, 0.2) is 0 Å². The van der Waals surface area contributed by atoms with Crippen LogP contribution >= 0.6 is 0 Å². The van der Waals surface area contributed by atoms with Gasteiger partial charge in [-0.05, 0) is 18.1 Å². The third-order valence-corrected chi connectivity index (χ3v) is 4.99. The maximum Gasteiger partial charge on any atom is 0.305 e. The minimum absolute atomic E-state index is 0.306. The van der Waals surface area contributed by atoms with Crippen molar-refractivity contribution in [1.29, 1.82) is 0 Å². The first-order valence-corrected chi connectivity index (χ1v) is 10.4. The quantitative estimate of drug-likeness (QED) is 0.422. The van der Waals surface area contributed by atoms with Gasteiger partial charge in [0.1, 0.15) is 18.3 Å². The lowest BCUT2D eigenvalue weighted by atomic mass is 9.98. The van der Waals surface area contributed by atoms with Crippen molar-refractivity contribution in [2.45, 2.75) is 57.8 Å². The summed E-state index contributed by atoms with van der Waals surface area (Å²) in [5, 5.41) is 0. The molecule has 0 bridgehead atoms. The van der Waals surface area contributed by atoms with E-state index >= 15 is 0 Å². The molecular formula is C25H30O6. The van der Waals surface area contributed by atoms with Crippen LogP contribution in [-0.4, -0.2) is 43.3 Å². The Bertz CT molecular complexity index is 809. The Labute approximate surface area is 183 Å². The van der Waals surface area contributed by atoms with Crippen molar-refractivity contribution in [3.05, 3.63) is 84.4 Å². The van der Waals surface area contributed by atoms with Crippen molar-refractivity contribution < 1.29 is 28.5 Å². The molecule has 0 radical (unpaired) electrons. The molecule has 0 unspecified atom stereocenters. The Morgan fingerprint density at radius 1 is 0.903 bits per heavy atom. The second kappa shape index (κ2) is 11.8. The lowest BCUT2D eigenvalue weighted by molar-refractivity contribution is -0.308. The Kier molecular flexibility index (Phi) is 8.79. The minimum atomic E-state index is -0.900. The second-order valence-electron chi connectivity index (χ2n) is 7.43. The molecule has 0 aromatic heterocycles. The molecular weight excluding hydrogens is 396 g/mol. The fourth-order valence-corrected chi connectivity index (χ4v) is 3.54. The SMILES string of the molecule is C=CCO[C@@H]1[C@H](OCc2ccccc2)[C@@H](OC(C)=O)O[C@H](C)[C@H]1OCc1ccccc1. The van der Waals surface area contributed by atoms with Crippen LogP contribution in [0.2, 0.25) is 0 Å². The molecule has 0 aliphatic carbocycles. The standard InChI is InChI=1S/C25H30O6/c1-4-15-27-23-22(28-16-20-11-7-5-8-12-20)18(2)30-25(31-19(3)26)24(23)29-17-21-13-9-6-10-14-21/h4-14,18,22-25H,1,15-17H2,2-3H3/t18-,22-,23+,24+,25-/m1/s1. The number of esters is 1. The largest absolute Gasteiger partial charge is 0.433 e. The molecule has 5 atom stereocenters. The van der Waals surface area contributed by atoms with Gasteiger partial charge in [-0.15, -0.1) is 6.58 Å². The molecule has 0 saturated carbocycles. The highest BCUT2D eigenvalue weighted by Crippen LogP contribution is 2.30. The summed E-state index contributed by atoms with van der Waals surface area (Å²) >= 11 is 0. The molecule has 2 aromatic carbocycles. The normalized spacial score (nSPS) is 25.7. The maximum absolute atomic E-state index is 11.7. The third-order valence-electron chi connectivity index (χ3n) is 4.99. The first-order chi connectivity index (χ1) is 15.1. The molecule has 31 heavy (non-hydrogen) atoms. The van der Waals surface area contributed by atoms with E-state index in [1.54, 1.807) is 6.08 Å². The van der Waals surface area contributed by atoms with E-state index in [2.05, 4.69) is 6.58 Å². The molecule has 0 spiro atoms. The van der Waals surface area contributed by atoms with Crippen molar-refractivity contribution >= 4 is 5.97 Å². The van der Waals surface area contributed by atoms with Crippen LogP contribution in [0.5, 0.6) is 0 Å². The summed E-state index contributed by atoms with van der Waals surface area (Å²) in [6.07, 6.45) is -1.21. The van der Waals surface area contributed by atoms with Gasteiger partial charge in [-0.3, -0.25) is 4.79 Å². The lowest BCUT2D eigenvalue weighted by Crippen LogP contribution is -2.60. The zero-order chi connectivity index (χ0) is 22.1. The number of carbonyl (C=O) groups excluding carboxylic acids is 1. The molecule has 1 saturated heterocycles. The zero-order valence-corrected chi connectivity index (χ0v) is 18.0. The third kappa shape index (κ3) is 6.74. The van der Waals surface area contributed by atoms with Gasteiger partial charge in [0.2, 0.25) is 6.29 Å². The van der Waals surface area contributed by atoms with E-state index < -0.39 is 30.6 Å². The monoisotopic (exact) mass is 426 g/mol. The highest BCUT2D eigenvalue weighted by Gasteiger charge is 2.48. The summed E-state index contributed by atoms with van der Waals surface area (Å²) in [6, 6.07) is 19.7. The Balaban J connectivity index is 1.79. The summed E-state index contributed by atoms with van der Waals surface area (Å²) in [5.41, 5.74) is 2.04. The maximum atomic E-state index is 11.7. The number of ether oxygens (including phenoxy) is 5. The molecule has 2 aromatic rings. The molecule has 1 aliphatic heterocycles. The van der Waals surface area contributed by atoms with Crippen molar-refractivity contribution in [2.75, 3.05) is 6.61 Å². The van der Waals surface area contributed by atoms with Crippen LogP contribution in [0, 0.1) is 0 Å². The molecule has 166 valence electrons. The molecule has 3 rings (SSSR count). The second-order valence-corrected chi connectivity index (χ2v) is 7.43. The summed E-state index contributed by atoms with van der Waals surface area (Å²) in [6.45, 7) is 8.00. The molecule has 6 heteroatoms. The van der Waals surface area contributed by atoms with Crippen molar-refractivity contribution in [2.24, 2.45) is 0 Å². The molecule has 1 fully saturated rings. The summed E-state index contributed by atoms with van der Waals surface area (Å²) < 4.78 is 29.9. The van der Waals surface area contributed by atoms with E-state index in [9.17, 15) is 4.79 Å². The van der Waals surface area contributed by atoms with E-state index in [1.165, 1.54) is 6.92 Å². The predicted molar refractivity (Wildman–Crippen MR) is 116 cm³/mol. The fraction of sp³-hybridized carbons (Fsp3) is 0.400. The molecule has 0 N–H and O–H groups in total. The number of hydrogen-bond donors (Lipinski definition) is 0. The Hall–Kier alpha value is -2.51. The summed E-state index contributed by atoms with van der Waals surface area (Å²) in [5.74, 6) is -0.448. The Morgan fingerprint density at radius 2 is 1.45 bits per heavy atom. The highest BCUT2D eigenvalue weighted by atomic mass is 16.7. The van der Waals surface area contributed by atoms with Crippen LogP contribution in [0.25, 0.3) is 0 Å². The van der Waals surface area contributed by atoms with Gasteiger partial charge >= 0.3 is 5.97 Å². The van der Waals surface area contributed by atoms with Gasteiger partial charge < -0.3 is 23.7 Å². The van der Waals surface area contributed by atoms with E-state index in [0.29, 0.717) is 19.8 Å². The minimum Gasteiger partial charge on any atom is -0.433 e. The van der Waals surface area contributed by atoms with Gasteiger partial charge in [0.25, 0.3) is 0 Å². The van der Waals surface area contributed by atoms with Gasteiger partial charge in [0.05, 0.1) is 25.9 Å². The number of rotatable bonds is 10. The van der Waals surface area contributed by atoms with E-state index in [0.717, 1.165) is 11.1 Å². The summed E-state index contributed by atoms with van der Waals surface area (Å²) in [7, 11) is 0. The van der Waals surface area contributed by atoms with E-state index in [1.807, 2.05) is 67.6 Å². The van der Waals surface area contributed by atoms with Gasteiger partial charge in [-0.2, -0.15) is 0 Å². The Morgan fingerprint density at radius 3 is 1.97 bits per heavy atom. The molecule has 1 aliphatic rings. The number of hydrogen-bond acceptors (Lipinski definition) is 6. The van der Waals surface area contributed by atoms with Crippen LogP contribution < -0.4 is 0 Å². The smallest absolute Gasteiger partial charge is 0.305 e. The lowest BCUT2D eigenvalue weighted by Gasteiger charge is -2.44. The zero-order valence-electron chi connectivity index (χ0n) is 18.0. The van der Waals surface area contributed by atoms with Crippen LogP contribution in [0.15, 0.2) is 73.3 Å². The van der Waals surface area contributed by atoms with Crippen molar-refractivity contribution in [3.63, 3.8) is 0 Å². The van der Waals surface area contributed by atoms with Gasteiger partial charge in [0, 0.05) is 6.92 Å². The highest BCUT2D eigenvalue weighted by molar-refractivity contribution is 5.66. The number of carbonyl (C=O) groups is 1. The van der Waals surface area contributed by atoms with Crippen LogP contribution in [0.4, 0.5) is 0 Å². The molecule has 1 heterocycles. The van der Waals surface area contributed by atoms with Gasteiger partial charge in [-0.1, -0.05) is 66.7 Å². The average Bonchev–Trinajstić information content (AvgIpc) is 2.77. The first-order valence-electron chi connectivity index (χ1n) is 10.4. The molecule has 0 amide bonds. The van der Waals surface area contributed by atoms with Crippen molar-refractivity contribution in [3.8, 4) is 0 Å². The van der Waals surface area contributed by atoms with Gasteiger partial charge in [-0.25, -0.2) is 0 Å².